The van der Waals surface area contributed by atoms with Crippen LogP contribution in [0.3, 0.4) is 0 Å². The monoisotopic (exact) mass is 357 g/mol. The Morgan fingerprint density at radius 1 is 1.20 bits per heavy atom. The predicted molar refractivity (Wildman–Crippen MR) is 92.5 cm³/mol. The molecule has 3 N–H and O–H groups in total. The number of nitrogens with zero attached hydrogens (tertiary/aromatic N) is 1. The number of primary amides is 1. The molecule has 0 saturated carbocycles. The summed E-state index contributed by atoms with van der Waals surface area (Å²) >= 11 is 5.84. The largest absolute Gasteiger partial charge is 0.461 e. The molecule has 25 heavy (non-hydrogen) atoms. The van der Waals surface area contributed by atoms with Gasteiger partial charge in [-0.15, -0.1) is 0 Å². The van der Waals surface area contributed by atoms with Crippen LogP contribution in [0.1, 0.15) is 29.2 Å². The average molecular weight is 358 g/mol. The lowest BCUT2D eigenvalue weighted by molar-refractivity contribution is -0.145. The van der Waals surface area contributed by atoms with Crippen molar-refractivity contribution in [3.63, 3.8) is 0 Å². The summed E-state index contributed by atoms with van der Waals surface area (Å²) < 4.78 is 5.22. The number of nitriles is 1. The van der Waals surface area contributed by atoms with Crippen LogP contribution in [0.5, 0.6) is 0 Å². The highest BCUT2D eigenvalue weighted by atomic mass is 35.5. The Kier molecular flexibility index (Phi) is 6.38. The lowest BCUT2D eigenvalue weighted by Gasteiger charge is -2.17. The molecule has 0 aromatic heterocycles. The van der Waals surface area contributed by atoms with Crippen LogP contribution in [0, 0.1) is 11.3 Å². The van der Waals surface area contributed by atoms with Crippen LogP contribution < -0.4 is 11.1 Å². The van der Waals surface area contributed by atoms with Crippen molar-refractivity contribution in [3.8, 4) is 6.07 Å². The fraction of sp³-hybridized carbons (Fsp3) is 0.167. The van der Waals surface area contributed by atoms with Crippen LogP contribution in [-0.2, 0) is 16.1 Å². The average Bonchev–Trinajstić information content (AvgIpc) is 2.60. The summed E-state index contributed by atoms with van der Waals surface area (Å²) in [5, 5.41) is 12.1. The summed E-state index contributed by atoms with van der Waals surface area (Å²) in [4.78, 5) is 23.3. The molecule has 1 atom stereocenters. The summed E-state index contributed by atoms with van der Waals surface area (Å²) in [5.74, 6) is -0.526. The Hall–Kier alpha value is -3.04. The van der Waals surface area contributed by atoms with Crippen molar-refractivity contribution in [1.29, 1.82) is 5.26 Å². The van der Waals surface area contributed by atoms with E-state index in [9.17, 15) is 9.59 Å². The van der Waals surface area contributed by atoms with Gasteiger partial charge in [0.2, 0.25) is 0 Å². The molecule has 0 aliphatic carbocycles. The number of ether oxygens (including phenoxy) is 1. The SMILES string of the molecule is N#Cc1ccccc1COC(=O)C[C@H](NC(N)=O)c1ccc(Cl)cc1. The summed E-state index contributed by atoms with van der Waals surface area (Å²) in [5.41, 5.74) is 6.91. The second-order valence-corrected chi connectivity index (χ2v) is 5.68. The Morgan fingerprint density at radius 2 is 1.88 bits per heavy atom. The zero-order valence-corrected chi connectivity index (χ0v) is 14.0. The predicted octanol–water partition coefficient (Wildman–Crippen LogP) is 3.05. The molecular weight excluding hydrogens is 342 g/mol. The number of carbonyl (C=O) groups is 2. The molecule has 2 amide bonds. The van der Waals surface area contributed by atoms with E-state index in [2.05, 4.69) is 5.32 Å². The first-order valence-corrected chi connectivity index (χ1v) is 7.82. The molecule has 0 spiro atoms. The van der Waals surface area contributed by atoms with Crippen LogP contribution in [0.2, 0.25) is 5.02 Å². The molecule has 0 aliphatic rings. The van der Waals surface area contributed by atoms with Gasteiger partial charge in [0, 0.05) is 10.6 Å². The number of esters is 1. The summed E-state index contributed by atoms with van der Waals surface area (Å²) in [6, 6.07) is 14.2. The summed E-state index contributed by atoms with van der Waals surface area (Å²) in [6.07, 6.45) is -0.0979. The smallest absolute Gasteiger partial charge is 0.312 e. The first-order valence-electron chi connectivity index (χ1n) is 7.44. The molecule has 128 valence electrons. The minimum absolute atomic E-state index is 0.0214. The van der Waals surface area contributed by atoms with Crippen LogP contribution in [-0.4, -0.2) is 12.0 Å². The number of carbonyl (C=O) groups excluding carboxylic acids is 2. The van der Waals surface area contributed by atoms with Crippen molar-refractivity contribution in [2.24, 2.45) is 5.73 Å². The Labute approximate surface area is 150 Å². The quantitative estimate of drug-likeness (QED) is 0.775. The van der Waals surface area contributed by atoms with E-state index >= 15 is 0 Å². The Balaban J connectivity index is 2.03. The van der Waals surface area contributed by atoms with E-state index in [0.29, 0.717) is 21.7 Å². The number of hydrogen-bond donors (Lipinski definition) is 2. The van der Waals surface area contributed by atoms with E-state index in [4.69, 9.17) is 27.3 Å². The van der Waals surface area contributed by atoms with Crippen molar-refractivity contribution < 1.29 is 14.3 Å². The first-order chi connectivity index (χ1) is 12.0. The van der Waals surface area contributed by atoms with Gasteiger partial charge in [0.1, 0.15) is 6.61 Å². The number of rotatable bonds is 6. The van der Waals surface area contributed by atoms with E-state index in [0.717, 1.165) is 0 Å². The molecule has 7 heteroatoms. The number of nitrogens with one attached hydrogen (secondary N) is 1. The zero-order valence-electron chi connectivity index (χ0n) is 13.2. The van der Waals surface area contributed by atoms with Gasteiger partial charge in [-0.25, -0.2) is 4.79 Å². The highest BCUT2D eigenvalue weighted by molar-refractivity contribution is 6.30. The molecule has 2 aromatic carbocycles. The fourth-order valence-corrected chi connectivity index (χ4v) is 2.38. The van der Waals surface area contributed by atoms with Crippen molar-refractivity contribution in [2.75, 3.05) is 0 Å². The van der Waals surface area contributed by atoms with Gasteiger partial charge in [0.05, 0.1) is 24.1 Å². The van der Waals surface area contributed by atoms with E-state index < -0.39 is 18.0 Å². The summed E-state index contributed by atoms with van der Waals surface area (Å²) in [6.45, 7) is -0.0214. The molecule has 0 fully saturated rings. The van der Waals surface area contributed by atoms with Gasteiger partial charge < -0.3 is 15.8 Å². The van der Waals surface area contributed by atoms with E-state index in [-0.39, 0.29) is 13.0 Å². The second-order valence-electron chi connectivity index (χ2n) is 5.25. The highest BCUT2D eigenvalue weighted by Gasteiger charge is 2.19. The normalized spacial score (nSPS) is 11.2. The summed E-state index contributed by atoms with van der Waals surface area (Å²) in [7, 11) is 0. The topological polar surface area (TPSA) is 105 Å². The molecule has 0 radical (unpaired) electrons. The van der Waals surface area contributed by atoms with Crippen LogP contribution in [0.25, 0.3) is 0 Å². The van der Waals surface area contributed by atoms with Crippen molar-refractivity contribution >= 4 is 23.6 Å². The third-order valence-corrected chi connectivity index (χ3v) is 3.74. The molecule has 0 saturated heterocycles. The van der Waals surface area contributed by atoms with Gasteiger partial charge >= 0.3 is 12.0 Å². The highest BCUT2D eigenvalue weighted by Crippen LogP contribution is 2.20. The van der Waals surface area contributed by atoms with Gasteiger partial charge in [0.25, 0.3) is 0 Å². The maximum atomic E-state index is 12.1. The Bertz CT molecular complexity index is 800. The van der Waals surface area contributed by atoms with Crippen LogP contribution in [0.4, 0.5) is 4.79 Å². The number of nitrogens with two attached hydrogens (primary N) is 1. The van der Waals surface area contributed by atoms with E-state index in [1.54, 1.807) is 48.5 Å². The maximum Gasteiger partial charge on any atom is 0.312 e. The van der Waals surface area contributed by atoms with E-state index in [1.165, 1.54) is 0 Å². The van der Waals surface area contributed by atoms with Gasteiger partial charge in [0.15, 0.2) is 0 Å². The molecule has 6 nitrogen and oxygen atoms in total. The lowest BCUT2D eigenvalue weighted by atomic mass is 10.0. The van der Waals surface area contributed by atoms with Gasteiger partial charge in [-0.2, -0.15) is 5.26 Å². The van der Waals surface area contributed by atoms with E-state index in [1.807, 2.05) is 6.07 Å². The van der Waals surface area contributed by atoms with Gasteiger partial charge in [-0.05, 0) is 23.8 Å². The van der Waals surface area contributed by atoms with Crippen LogP contribution in [0.15, 0.2) is 48.5 Å². The molecule has 0 bridgehead atoms. The number of halogens is 1. The van der Waals surface area contributed by atoms with Gasteiger partial charge in [-0.1, -0.05) is 41.9 Å². The number of benzene rings is 2. The maximum absolute atomic E-state index is 12.1. The number of amides is 2. The van der Waals surface area contributed by atoms with Crippen molar-refractivity contribution in [3.05, 3.63) is 70.2 Å². The fourth-order valence-electron chi connectivity index (χ4n) is 2.26. The second kappa shape index (κ2) is 8.71. The van der Waals surface area contributed by atoms with Crippen LogP contribution >= 0.6 is 11.6 Å². The molecule has 0 heterocycles. The van der Waals surface area contributed by atoms with Crippen molar-refractivity contribution in [2.45, 2.75) is 19.1 Å². The molecule has 0 unspecified atom stereocenters. The number of urea groups is 1. The van der Waals surface area contributed by atoms with Crippen molar-refractivity contribution in [1.82, 2.24) is 5.32 Å². The molecular formula is C18H16ClN3O3. The third-order valence-electron chi connectivity index (χ3n) is 3.49. The number of hydrogen-bond acceptors (Lipinski definition) is 4. The minimum Gasteiger partial charge on any atom is -0.461 e. The first kappa shape index (κ1) is 18.3. The third kappa shape index (κ3) is 5.52. The lowest BCUT2D eigenvalue weighted by Crippen LogP contribution is -2.34. The molecule has 2 aromatic rings. The zero-order chi connectivity index (χ0) is 18.2. The van der Waals surface area contributed by atoms with Gasteiger partial charge in [-0.3, -0.25) is 4.79 Å². The molecule has 0 aliphatic heterocycles. The minimum atomic E-state index is -0.748. The molecule has 2 rings (SSSR count). The Morgan fingerprint density at radius 3 is 2.52 bits per heavy atom. The standard InChI is InChI=1S/C18H16ClN3O3/c19-15-7-5-12(6-8-15)16(22-18(21)24)9-17(23)25-11-14-4-2-1-3-13(14)10-20/h1-8,16H,9,11H2,(H3,21,22,24)/t16-/m0/s1.